The van der Waals surface area contributed by atoms with Crippen LogP contribution in [-0.4, -0.2) is 42.9 Å². The first-order chi connectivity index (χ1) is 18.7. The SMILES string of the molecule is CNC[C@H](O)COc1ccc2[nH]cc(CCNC(c3ccccc3)(c3ccccc3)c3ccccc3)c2c1. The molecular formula is C33H35N3O2. The van der Waals surface area contributed by atoms with E-state index in [0.29, 0.717) is 6.54 Å². The summed E-state index contributed by atoms with van der Waals surface area (Å²) < 4.78 is 5.87. The molecule has 0 radical (unpaired) electrons. The molecule has 5 heteroatoms. The molecule has 0 bridgehead atoms. The van der Waals surface area contributed by atoms with Crippen LogP contribution >= 0.6 is 0 Å². The van der Waals surface area contributed by atoms with E-state index >= 15 is 0 Å². The highest BCUT2D eigenvalue weighted by molar-refractivity contribution is 5.84. The Bertz CT molecular complexity index is 1320. The number of likely N-dealkylation sites (N-methyl/N-ethyl adjacent to an activating group) is 1. The van der Waals surface area contributed by atoms with Crippen LogP contribution in [0.3, 0.4) is 0 Å². The molecule has 4 aromatic carbocycles. The van der Waals surface area contributed by atoms with Crippen molar-refractivity contribution in [1.29, 1.82) is 0 Å². The highest BCUT2D eigenvalue weighted by Gasteiger charge is 2.35. The van der Waals surface area contributed by atoms with Crippen LogP contribution in [0.5, 0.6) is 5.75 Å². The van der Waals surface area contributed by atoms with Crippen molar-refractivity contribution in [3.05, 3.63) is 138 Å². The van der Waals surface area contributed by atoms with Gasteiger partial charge in [0.25, 0.3) is 0 Å². The summed E-state index contributed by atoms with van der Waals surface area (Å²) in [4.78, 5) is 3.40. The lowest BCUT2D eigenvalue weighted by atomic mass is 9.77. The van der Waals surface area contributed by atoms with Crippen LogP contribution in [0.4, 0.5) is 0 Å². The molecule has 0 saturated heterocycles. The molecule has 5 aromatic rings. The molecule has 1 aromatic heterocycles. The first-order valence-corrected chi connectivity index (χ1v) is 13.2. The van der Waals surface area contributed by atoms with Crippen LogP contribution in [0.25, 0.3) is 10.9 Å². The van der Waals surface area contributed by atoms with E-state index < -0.39 is 11.6 Å². The zero-order valence-electron chi connectivity index (χ0n) is 21.7. The Labute approximate surface area is 224 Å². The van der Waals surface area contributed by atoms with Gasteiger partial charge in [0, 0.05) is 30.2 Å². The van der Waals surface area contributed by atoms with Gasteiger partial charge in [-0.15, -0.1) is 0 Å². The molecule has 0 aliphatic carbocycles. The number of aliphatic hydroxyl groups excluding tert-OH is 1. The molecule has 5 nitrogen and oxygen atoms in total. The van der Waals surface area contributed by atoms with E-state index in [1.807, 2.05) is 19.2 Å². The molecule has 0 spiro atoms. The Balaban J connectivity index is 1.43. The predicted molar refractivity (Wildman–Crippen MR) is 155 cm³/mol. The van der Waals surface area contributed by atoms with E-state index in [4.69, 9.17) is 4.74 Å². The molecule has 0 saturated carbocycles. The van der Waals surface area contributed by atoms with Crippen molar-refractivity contribution in [1.82, 2.24) is 15.6 Å². The van der Waals surface area contributed by atoms with Crippen LogP contribution in [0.1, 0.15) is 22.3 Å². The summed E-state index contributed by atoms with van der Waals surface area (Å²) in [7, 11) is 1.82. The van der Waals surface area contributed by atoms with Gasteiger partial charge in [0.2, 0.25) is 0 Å². The highest BCUT2D eigenvalue weighted by Crippen LogP contribution is 2.37. The van der Waals surface area contributed by atoms with Crippen LogP contribution in [0.2, 0.25) is 0 Å². The minimum Gasteiger partial charge on any atom is -0.491 e. The second-order valence-corrected chi connectivity index (χ2v) is 9.57. The van der Waals surface area contributed by atoms with Crippen LogP contribution in [0, 0.1) is 0 Å². The van der Waals surface area contributed by atoms with Crippen molar-refractivity contribution < 1.29 is 9.84 Å². The number of aromatic nitrogens is 1. The fourth-order valence-corrected chi connectivity index (χ4v) is 5.20. The molecule has 0 aliphatic rings. The topological polar surface area (TPSA) is 69.3 Å². The van der Waals surface area contributed by atoms with Crippen molar-refractivity contribution in [3.8, 4) is 5.75 Å². The molecule has 0 unspecified atom stereocenters. The fraction of sp³-hybridized carbons (Fsp3) is 0.212. The minimum absolute atomic E-state index is 0.251. The zero-order chi connectivity index (χ0) is 26.2. The standard InChI is InChI=1S/C33H35N3O2/c1-34-23-29(37)24-38-30-17-18-32-31(21-30)25(22-35-32)19-20-36-33(26-11-5-2-6-12-26,27-13-7-3-8-14-27)28-15-9-4-10-16-28/h2-18,21-22,29,34-37H,19-20,23-24H2,1H3/t29-/m0/s1. The third-order valence-corrected chi connectivity index (χ3v) is 7.03. The van der Waals surface area contributed by atoms with E-state index in [1.165, 1.54) is 22.3 Å². The third-order valence-electron chi connectivity index (χ3n) is 7.03. The summed E-state index contributed by atoms with van der Waals surface area (Å²) in [6.07, 6.45) is 2.37. The van der Waals surface area contributed by atoms with Crippen molar-refractivity contribution in [2.24, 2.45) is 0 Å². The number of benzene rings is 4. The number of hydrogen-bond acceptors (Lipinski definition) is 4. The summed E-state index contributed by atoms with van der Waals surface area (Å²) in [5.74, 6) is 0.758. The number of fused-ring (bicyclic) bond motifs is 1. The highest BCUT2D eigenvalue weighted by atomic mass is 16.5. The summed E-state index contributed by atoms with van der Waals surface area (Å²) in [5.41, 5.74) is 5.40. The number of rotatable bonds is 12. The molecule has 1 atom stereocenters. The Kier molecular flexibility index (Phi) is 8.19. The lowest BCUT2D eigenvalue weighted by Crippen LogP contribution is -2.45. The smallest absolute Gasteiger partial charge is 0.120 e. The van der Waals surface area contributed by atoms with E-state index in [2.05, 4.69) is 119 Å². The fourth-order valence-electron chi connectivity index (χ4n) is 5.20. The van der Waals surface area contributed by atoms with Gasteiger partial charge in [0.05, 0.1) is 5.54 Å². The molecule has 5 rings (SSSR count). The van der Waals surface area contributed by atoms with Gasteiger partial charge in [0.15, 0.2) is 0 Å². The molecule has 1 heterocycles. The molecule has 0 fully saturated rings. The van der Waals surface area contributed by atoms with Crippen molar-refractivity contribution >= 4 is 10.9 Å². The summed E-state index contributed by atoms with van der Waals surface area (Å²) in [6, 6.07) is 38.0. The van der Waals surface area contributed by atoms with Gasteiger partial charge in [-0.2, -0.15) is 0 Å². The van der Waals surface area contributed by atoms with Gasteiger partial charge in [-0.05, 0) is 53.9 Å². The maximum Gasteiger partial charge on any atom is 0.120 e. The molecule has 0 amide bonds. The van der Waals surface area contributed by atoms with Crippen molar-refractivity contribution in [2.45, 2.75) is 18.1 Å². The lowest BCUT2D eigenvalue weighted by molar-refractivity contribution is 0.108. The monoisotopic (exact) mass is 505 g/mol. The molecule has 38 heavy (non-hydrogen) atoms. The number of ether oxygens (including phenoxy) is 1. The second-order valence-electron chi connectivity index (χ2n) is 9.57. The van der Waals surface area contributed by atoms with E-state index in [-0.39, 0.29) is 6.61 Å². The van der Waals surface area contributed by atoms with E-state index in [9.17, 15) is 5.11 Å². The van der Waals surface area contributed by atoms with Gasteiger partial charge < -0.3 is 20.1 Å². The van der Waals surface area contributed by atoms with Gasteiger partial charge in [0.1, 0.15) is 18.5 Å². The Morgan fingerprint density at radius 2 is 1.39 bits per heavy atom. The Hall–Kier alpha value is -3.90. The normalized spacial score (nSPS) is 12.5. The predicted octanol–water partition coefficient (Wildman–Crippen LogP) is 5.25. The second kappa shape index (κ2) is 12.1. The lowest BCUT2D eigenvalue weighted by Gasteiger charge is -2.37. The first-order valence-electron chi connectivity index (χ1n) is 13.2. The molecule has 0 aliphatic heterocycles. The summed E-state index contributed by atoms with van der Waals surface area (Å²) in [6.45, 7) is 1.51. The van der Waals surface area contributed by atoms with E-state index in [1.54, 1.807) is 0 Å². The van der Waals surface area contributed by atoms with Crippen LogP contribution < -0.4 is 15.4 Å². The van der Waals surface area contributed by atoms with E-state index in [0.717, 1.165) is 29.6 Å². The molecule has 4 N–H and O–H groups in total. The number of hydrogen-bond donors (Lipinski definition) is 4. The number of nitrogens with one attached hydrogen (secondary N) is 3. The van der Waals surface area contributed by atoms with Gasteiger partial charge in [-0.1, -0.05) is 91.0 Å². The average Bonchev–Trinajstić information content (AvgIpc) is 3.38. The quantitative estimate of drug-likeness (QED) is 0.175. The molecule has 194 valence electrons. The van der Waals surface area contributed by atoms with Gasteiger partial charge in [-0.3, -0.25) is 5.32 Å². The van der Waals surface area contributed by atoms with Crippen molar-refractivity contribution in [2.75, 3.05) is 26.7 Å². The maximum atomic E-state index is 10.0. The van der Waals surface area contributed by atoms with Crippen LogP contribution in [-0.2, 0) is 12.0 Å². The summed E-state index contributed by atoms with van der Waals surface area (Å²) >= 11 is 0. The van der Waals surface area contributed by atoms with Gasteiger partial charge in [-0.25, -0.2) is 0 Å². The Morgan fingerprint density at radius 3 is 1.95 bits per heavy atom. The van der Waals surface area contributed by atoms with Crippen LogP contribution in [0.15, 0.2) is 115 Å². The first kappa shape index (κ1) is 25.7. The zero-order valence-corrected chi connectivity index (χ0v) is 21.7. The summed E-state index contributed by atoms with van der Waals surface area (Å²) in [5, 5.41) is 18.1. The van der Waals surface area contributed by atoms with Gasteiger partial charge >= 0.3 is 0 Å². The maximum absolute atomic E-state index is 10.0. The number of aliphatic hydroxyl groups is 1. The average molecular weight is 506 g/mol. The minimum atomic E-state index is -0.548. The largest absolute Gasteiger partial charge is 0.491 e. The molecular weight excluding hydrogens is 470 g/mol. The van der Waals surface area contributed by atoms with Crippen molar-refractivity contribution in [3.63, 3.8) is 0 Å². The number of H-pyrrole nitrogens is 1. The number of aromatic amines is 1. The Morgan fingerprint density at radius 1 is 0.816 bits per heavy atom. The third kappa shape index (κ3) is 5.50.